The zero-order chi connectivity index (χ0) is 18.8. The number of nitrogens with one attached hydrogen (secondary N) is 1. The summed E-state index contributed by atoms with van der Waals surface area (Å²) in [4.78, 5) is 28.2. The molecule has 1 aliphatic rings. The Balaban J connectivity index is 2.17. The molecule has 1 aromatic heterocycles. The van der Waals surface area contributed by atoms with Crippen molar-refractivity contribution in [2.45, 2.75) is 20.0 Å². The van der Waals surface area contributed by atoms with Gasteiger partial charge in [0.25, 0.3) is 0 Å². The van der Waals surface area contributed by atoms with Gasteiger partial charge in [-0.2, -0.15) is 13.2 Å². The summed E-state index contributed by atoms with van der Waals surface area (Å²) < 4.78 is 44.3. The number of carboxylic acid groups (broad SMARTS) is 1. The van der Waals surface area contributed by atoms with Crippen LogP contribution in [0, 0.1) is 18.8 Å². The number of hydrogen-bond acceptors (Lipinski definition) is 4. The number of nitrogens with zero attached hydrogens (tertiary/aromatic N) is 2. The van der Waals surface area contributed by atoms with E-state index in [1.807, 2.05) is 0 Å². The van der Waals surface area contributed by atoms with Crippen LogP contribution in [0.25, 0.3) is 0 Å². The highest BCUT2D eigenvalue weighted by Crippen LogP contribution is 2.38. The van der Waals surface area contributed by atoms with Crippen molar-refractivity contribution in [2.75, 3.05) is 25.0 Å². The second-order valence-electron chi connectivity index (χ2n) is 5.73. The van der Waals surface area contributed by atoms with Gasteiger partial charge in [0.15, 0.2) is 0 Å². The van der Waals surface area contributed by atoms with Crippen LogP contribution in [0.5, 0.6) is 5.88 Å². The molecular formula is C15H18F3N3O4. The average molecular weight is 361 g/mol. The molecule has 2 amide bonds. The molecule has 0 unspecified atom stereocenters. The lowest BCUT2D eigenvalue weighted by Crippen LogP contribution is -2.35. The van der Waals surface area contributed by atoms with E-state index in [2.05, 4.69) is 10.3 Å². The number of rotatable bonds is 4. The number of ether oxygens (including phenoxy) is 1. The lowest BCUT2D eigenvalue weighted by Gasteiger charge is -2.19. The summed E-state index contributed by atoms with van der Waals surface area (Å²) in [5.74, 6) is -5.22. The summed E-state index contributed by atoms with van der Waals surface area (Å²) in [6.07, 6.45) is -3.17. The van der Waals surface area contributed by atoms with E-state index in [0.29, 0.717) is 6.61 Å². The van der Waals surface area contributed by atoms with Crippen LogP contribution in [0.2, 0.25) is 0 Å². The number of hydrogen-bond donors (Lipinski definition) is 2. The van der Waals surface area contributed by atoms with E-state index in [-0.39, 0.29) is 11.6 Å². The highest BCUT2D eigenvalue weighted by atomic mass is 19.4. The Kier molecular flexibility index (Phi) is 5.39. The van der Waals surface area contributed by atoms with Crippen LogP contribution < -0.4 is 10.1 Å². The molecule has 0 radical (unpaired) electrons. The normalized spacial score (nSPS) is 20.4. The lowest BCUT2D eigenvalue weighted by molar-refractivity contribution is -0.187. The molecule has 1 aromatic rings. The minimum absolute atomic E-state index is 0.141. The van der Waals surface area contributed by atoms with E-state index in [9.17, 15) is 22.8 Å². The van der Waals surface area contributed by atoms with Gasteiger partial charge in [0.1, 0.15) is 5.69 Å². The molecular weight excluding hydrogens is 343 g/mol. The number of carbonyl (C=O) groups excluding carboxylic acids is 1. The molecule has 2 heterocycles. The predicted molar refractivity (Wildman–Crippen MR) is 81.4 cm³/mol. The summed E-state index contributed by atoms with van der Waals surface area (Å²) in [5.41, 5.74) is 0.936. The van der Waals surface area contributed by atoms with Gasteiger partial charge in [0, 0.05) is 19.3 Å². The number of anilines is 1. The molecule has 0 aliphatic carbocycles. The van der Waals surface area contributed by atoms with Gasteiger partial charge in [-0.05, 0) is 25.5 Å². The molecule has 138 valence electrons. The summed E-state index contributed by atoms with van der Waals surface area (Å²) in [6, 6.07) is 0.744. The average Bonchev–Trinajstić information content (AvgIpc) is 2.96. The van der Waals surface area contributed by atoms with Gasteiger partial charge in [0.2, 0.25) is 5.88 Å². The summed E-state index contributed by atoms with van der Waals surface area (Å²) in [5, 5.41) is 11.4. The fraction of sp³-hybridized carbons (Fsp3) is 0.533. The fourth-order valence-electron chi connectivity index (χ4n) is 2.64. The molecule has 1 fully saturated rings. The highest BCUT2D eigenvalue weighted by molar-refractivity contribution is 5.91. The third-order valence-corrected chi connectivity index (χ3v) is 3.86. The first-order valence-corrected chi connectivity index (χ1v) is 7.58. The minimum Gasteiger partial charge on any atom is -0.481 e. The number of urea groups is 1. The van der Waals surface area contributed by atoms with Crippen molar-refractivity contribution in [1.82, 2.24) is 9.88 Å². The number of pyridine rings is 1. The van der Waals surface area contributed by atoms with E-state index >= 15 is 0 Å². The van der Waals surface area contributed by atoms with Crippen LogP contribution in [0.15, 0.2) is 12.3 Å². The Morgan fingerprint density at radius 2 is 2.12 bits per heavy atom. The van der Waals surface area contributed by atoms with E-state index in [1.54, 1.807) is 19.9 Å². The van der Waals surface area contributed by atoms with Crippen LogP contribution in [0.3, 0.4) is 0 Å². The second kappa shape index (κ2) is 7.16. The number of amides is 2. The number of aliphatic carboxylic acids is 1. The van der Waals surface area contributed by atoms with Crippen LogP contribution in [-0.2, 0) is 4.79 Å². The van der Waals surface area contributed by atoms with Crippen molar-refractivity contribution in [2.24, 2.45) is 11.8 Å². The Hall–Kier alpha value is -2.52. The van der Waals surface area contributed by atoms with Crippen LogP contribution >= 0.6 is 0 Å². The van der Waals surface area contributed by atoms with Crippen molar-refractivity contribution in [3.63, 3.8) is 0 Å². The third kappa shape index (κ3) is 4.31. The molecule has 1 aliphatic heterocycles. The fourth-order valence-corrected chi connectivity index (χ4v) is 2.64. The van der Waals surface area contributed by atoms with E-state index in [1.165, 1.54) is 6.20 Å². The van der Waals surface area contributed by atoms with Crippen molar-refractivity contribution in [3.05, 3.63) is 17.8 Å². The zero-order valence-electron chi connectivity index (χ0n) is 13.6. The molecule has 0 bridgehead atoms. The number of aromatic nitrogens is 1. The van der Waals surface area contributed by atoms with Gasteiger partial charge in [-0.1, -0.05) is 0 Å². The molecule has 25 heavy (non-hydrogen) atoms. The van der Waals surface area contributed by atoms with E-state index in [0.717, 1.165) is 10.5 Å². The van der Waals surface area contributed by atoms with Gasteiger partial charge < -0.3 is 20.1 Å². The molecule has 1 saturated heterocycles. The SMILES string of the molecule is CCOc1ncc(C)cc1NC(=O)N1C[C@@H](C(F)(F)F)[C@H](C(=O)O)C1. The van der Waals surface area contributed by atoms with E-state index < -0.39 is 43.1 Å². The Bertz CT molecular complexity index is 666. The number of carboxylic acids is 1. The summed E-state index contributed by atoms with van der Waals surface area (Å²) >= 11 is 0. The van der Waals surface area contributed by atoms with Crippen LogP contribution in [0.4, 0.5) is 23.7 Å². The maximum atomic E-state index is 13.0. The highest BCUT2D eigenvalue weighted by Gasteiger charge is 2.53. The molecule has 2 N–H and O–H groups in total. The number of carbonyl (C=O) groups is 2. The maximum absolute atomic E-state index is 13.0. The summed E-state index contributed by atoms with van der Waals surface area (Å²) in [7, 11) is 0. The standard InChI is InChI=1S/C15H18F3N3O4/c1-3-25-12-11(4-8(2)5-19-12)20-14(24)21-6-9(13(22)23)10(7-21)15(16,17)18/h4-5,9-10H,3,6-7H2,1-2H3,(H,20,24)(H,22,23)/t9-,10-/m1/s1. The van der Waals surface area contributed by atoms with Crippen molar-refractivity contribution in [1.29, 1.82) is 0 Å². The van der Waals surface area contributed by atoms with Crippen molar-refractivity contribution in [3.8, 4) is 5.88 Å². The zero-order valence-corrected chi connectivity index (χ0v) is 13.6. The smallest absolute Gasteiger partial charge is 0.394 e. The third-order valence-electron chi connectivity index (χ3n) is 3.86. The predicted octanol–water partition coefficient (Wildman–Crippen LogP) is 2.52. The largest absolute Gasteiger partial charge is 0.481 e. The molecule has 7 nitrogen and oxygen atoms in total. The molecule has 0 spiro atoms. The first kappa shape index (κ1) is 18.8. The minimum atomic E-state index is -4.69. The first-order valence-electron chi connectivity index (χ1n) is 7.58. The van der Waals surface area contributed by atoms with E-state index in [4.69, 9.17) is 9.84 Å². The Morgan fingerprint density at radius 1 is 1.44 bits per heavy atom. The molecule has 0 saturated carbocycles. The lowest BCUT2D eigenvalue weighted by atomic mass is 9.96. The topological polar surface area (TPSA) is 91.8 Å². The van der Waals surface area contributed by atoms with Crippen molar-refractivity contribution >= 4 is 17.7 Å². The number of halogens is 3. The quantitative estimate of drug-likeness (QED) is 0.860. The number of aryl methyl sites for hydroxylation is 1. The molecule has 0 aromatic carbocycles. The first-order chi connectivity index (χ1) is 11.6. The number of likely N-dealkylation sites (tertiary alicyclic amines) is 1. The van der Waals surface area contributed by atoms with Gasteiger partial charge in [-0.3, -0.25) is 4.79 Å². The molecule has 10 heteroatoms. The number of alkyl halides is 3. The molecule has 2 atom stereocenters. The summed E-state index contributed by atoms with van der Waals surface area (Å²) in [6.45, 7) is 2.51. The van der Waals surface area contributed by atoms with Crippen LogP contribution in [-0.4, -0.2) is 52.9 Å². The maximum Gasteiger partial charge on any atom is 0.394 e. The van der Waals surface area contributed by atoms with Gasteiger partial charge in [0.05, 0.1) is 18.4 Å². The van der Waals surface area contributed by atoms with Gasteiger partial charge in [-0.25, -0.2) is 9.78 Å². The van der Waals surface area contributed by atoms with Crippen LogP contribution in [0.1, 0.15) is 12.5 Å². The Morgan fingerprint density at radius 3 is 2.64 bits per heavy atom. The molecule has 2 rings (SSSR count). The van der Waals surface area contributed by atoms with Gasteiger partial charge in [-0.15, -0.1) is 0 Å². The van der Waals surface area contributed by atoms with Gasteiger partial charge >= 0.3 is 18.2 Å². The Labute approximate surface area is 141 Å². The van der Waals surface area contributed by atoms with Crippen molar-refractivity contribution < 1.29 is 32.6 Å². The second-order valence-corrected chi connectivity index (χ2v) is 5.73. The monoisotopic (exact) mass is 361 g/mol.